The molecule has 160 valence electrons. The van der Waals surface area contributed by atoms with E-state index in [4.69, 9.17) is 4.74 Å². The zero-order chi connectivity index (χ0) is 22.1. The summed E-state index contributed by atoms with van der Waals surface area (Å²) in [6, 6.07) is 20.6. The summed E-state index contributed by atoms with van der Waals surface area (Å²) in [5.74, 6) is 0.848. The Hall–Kier alpha value is -3.86. The van der Waals surface area contributed by atoms with Crippen LogP contribution in [0.4, 0.5) is 0 Å². The Kier molecular flexibility index (Phi) is 5.23. The molecule has 0 atom stereocenters. The van der Waals surface area contributed by atoms with Gasteiger partial charge in [-0.1, -0.05) is 48.5 Å². The lowest BCUT2D eigenvalue weighted by Gasteiger charge is -2.17. The highest BCUT2D eigenvalue weighted by Gasteiger charge is 2.26. The van der Waals surface area contributed by atoms with Crippen LogP contribution in [0.3, 0.4) is 0 Å². The zero-order valence-electron chi connectivity index (χ0n) is 18.3. The Morgan fingerprint density at radius 1 is 1.09 bits per heavy atom. The van der Waals surface area contributed by atoms with Crippen molar-refractivity contribution in [3.05, 3.63) is 95.6 Å². The van der Waals surface area contributed by atoms with Crippen molar-refractivity contribution in [3.63, 3.8) is 0 Å². The van der Waals surface area contributed by atoms with Crippen LogP contribution in [0.2, 0.25) is 0 Å². The van der Waals surface area contributed by atoms with E-state index in [-0.39, 0.29) is 5.91 Å². The SMILES string of the molecule is COc1cc(C=C2CCN(Cc3cccc4ccccc34)C2=O)ccc1-n1cnc(C)c1. The van der Waals surface area contributed by atoms with Crippen molar-refractivity contribution in [2.45, 2.75) is 19.9 Å². The molecule has 1 aliphatic rings. The molecule has 1 aromatic heterocycles. The summed E-state index contributed by atoms with van der Waals surface area (Å²) >= 11 is 0. The molecule has 1 aliphatic heterocycles. The number of imidazole rings is 1. The highest BCUT2D eigenvalue weighted by atomic mass is 16.5. The van der Waals surface area contributed by atoms with Crippen LogP contribution in [-0.4, -0.2) is 34.0 Å². The number of hydrogen-bond donors (Lipinski definition) is 0. The van der Waals surface area contributed by atoms with E-state index in [1.807, 2.05) is 59.0 Å². The van der Waals surface area contributed by atoms with Gasteiger partial charge in [0.2, 0.25) is 5.91 Å². The average molecular weight is 424 g/mol. The molecule has 3 aromatic carbocycles. The molecule has 32 heavy (non-hydrogen) atoms. The van der Waals surface area contributed by atoms with Crippen molar-refractivity contribution in [2.75, 3.05) is 13.7 Å². The number of rotatable bonds is 5. The molecule has 1 fully saturated rings. The molecule has 1 amide bonds. The number of aromatic nitrogens is 2. The van der Waals surface area contributed by atoms with Crippen LogP contribution in [0.5, 0.6) is 5.75 Å². The Labute approximate surface area is 187 Å². The molecule has 5 nitrogen and oxygen atoms in total. The lowest BCUT2D eigenvalue weighted by Crippen LogP contribution is -2.24. The first kappa shape index (κ1) is 20.1. The van der Waals surface area contributed by atoms with E-state index in [0.29, 0.717) is 6.54 Å². The zero-order valence-corrected chi connectivity index (χ0v) is 18.3. The van der Waals surface area contributed by atoms with Crippen molar-refractivity contribution in [1.29, 1.82) is 0 Å². The van der Waals surface area contributed by atoms with Gasteiger partial charge in [-0.3, -0.25) is 4.79 Å². The summed E-state index contributed by atoms with van der Waals surface area (Å²) in [7, 11) is 1.66. The first-order valence-electron chi connectivity index (χ1n) is 10.8. The standard InChI is InChI=1S/C27H25N3O2/c1-19-16-30(18-28-19)25-11-10-20(15-26(25)32-2)14-22-12-13-29(27(22)31)17-23-8-5-7-21-6-3-4-9-24(21)23/h3-11,14-16,18H,12-13,17H2,1-2H3. The minimum absolute atomic E-state index is 0.103. The van der Waals surface area contributed by atoms with Gasteiger partial charge in [0, 0.05) is 24.9 Å². The Morgan fingerprint density at radius 2 is 1.94 bits per heavy atom. The minimum Gasteiger partial charge on any atom is -0.495 e. The van der Waals surface area contributed by atoms with Crippen LogP contribution in [0.15, 0.2) is 78.8 Å². The summed E-state index contributed by atoms with van der Waals surface area (Å²) in [4.78, 5) is 19.3. The van der Waals surface area contributed by atoms with Gasteiger partial charge in [-0.2, -0.15) is 0 Å². The molecule has 0 N–H and O–H groups in total. The summed E-state index contributed by atoms with van der Waals surface area (Å²) < 4.78 is 7.55. The maximum absolute atomic E-state index is 13.1. The number of ether oxygens (including phenoxy) is 1. The molecule has 0 radical (unpaired) electrons. The number of aryl methyl sites for hydroxylation is 1. The lowest BCUT2D eigenvalue weighted by atomic mass is 10.0. The van der Waals surface area contributed by atoms with Gasteiger partial charge in [-0.05, 0) is 53.5 Å². The Balaban J connectivity index is 1.38. The maximum atomic E-state index is 13.1. The Morgan fingerprint density at radius 3 is 2.75 bits per heavy atom. The molecule has 1 saturated heterocycles. The molecule has 4 aromatic rings. The molecule has 0 unspecified atom stereocenters. The Bertz CT molecular complexity index is 1330. The number of benzene rings is 3. The predicted octanol–water partition coefficient (Wildman–Crippen LogP) is 5.16. The summed E-state index contributed by atoms with van der Waals surface area (Å²) in [5.41, 5.74) is 4.84. The number of carbonyl (C=O) groups is 1. The second kappa shape index (κ2) is 8.35. The molecule has 5 heteroatoms. The van der Waals surface area contributed by atoms with Crippen LogP contribution in [0.25, 0.3) is 22.5 Å². The second-order valence-corrected chi connectivity index (χ2v) is 8.14. The van der Waals surface area contributed by atoms with Gasteiger partial charge in [-0.25, -0.2) is 4.98 Å². The number of hydrogen-bond acceptors (Lipinski definition) is 3. The monoisotopic (exact) mass is 423 g/mol. The van der Waals surface area contributed by atoms with E-state index in [9.17, 15) is 4.79 Å². The smallest absolute Gasteiger partial charge is 0.250 e. The third-order valence-corrected chi connectivity index (χ3v) is 5.99. The van der Waals surface area contributed by atoms with Gasteiger partial charge in [0.25, 0.3) is 0 Å². The summed E-state index contributed by atoms with van der Waals surface area (Å²) in [6.45, 7) is 3.31. The van der Waals surface area contributed by atoms with Gasteiger partial charge in [0.1, 0.15) is 5.75 Å². The highest BCUT2D eigenvalue weighted by Crippen LogP contribution is 2.29. The van der Waals surface area contributed by atoms with Gasteiger partial charge < -0.3 is 14.2 Å². The number of nitrogens with zero attached hydrogens (tertiary/aromatic N) is 3. The number of amides is 1. The summed E-state index contributed by atoms with van der Waals surface area (Å²) in [5, 5.41) is 2.41. The first-order chi connectivity index (χ1) is 15.6. The van der Waals surface area contributed by atoms with Crippen LogP contribution < -0.4 is 4.74 Å². The van der Waals surface area contributed by atoms with Gasteiger partial charge in [0.05, 0.1) is 24.8 Å². The van der Waals surface area contributed by atoms with E-state index < -0.39 is 0 Å². The normalized spacial score (nSPS) is 15.1. The van der Waals surface area contributed by atoms with E-state index >= 15 is 0 Å². The van der Waals surface area contributed by atoms with Gasteiger partial charge >= 0.3 is 0 Å². The van der Waals surface area contributed by atoms with E-state index in [1.165, 1.54) is 16.3 Å². The quantitative estimate of drug-likeness (QED) is 0.417. The van der Waals surface area contributed by atoms with Crippen LogP contribution in [0.1, 0.15) is 23.2 Å². The molecule has 0 saturated carbocycles. The topological polar surface area (TPSA) is 47.4 Å². The molecule has 0 bridgehead atoms. The van der Waals surface area contributed by atoms with Crippen LogP contribution in [-0.2, 0) is 11.3 Å². The fourth-order valence-electron chi connectivity index (χ4n) is 4.34. The first-order valence-corrected chi connectivity index (χ1v) is 10.8. The third kappa shape index (κ3) is 3.78. The van der Waals surface area contributed by atoms with Crippen molar-refractivity contribution in [1.82, 2.24) is 14.5 Å². The molecule has 5 rings (SSSR count). The van der Waals surface area contributed by atoms with Gasteiger partial charge in [-0.15, -0.1) is 0 Å². The number of fused-ring (bicyclic) bond motifs is 1. The number of carbonyl (C=O) groups excluding carboxylic acids is 1. The third-order valence-electron chi connectivity index (χ3n) is 5.99. The average Bonchev–Trinajstić information content (AvgIpc) is 3.40. The fourth-order valence-corrected chi connectivity index (χ4v) is 4.34. The number of likely N-dealkylation sites (tertiary alicyclic amines) is 1. The molecule has 0 aliphatic carbocycles. The molecule has 2 heterocycles. The van der Waals surface area contributed by atoms with Gasteiger partial charge in [0.15, 0.2) is 0 Å². The summed E-state index contributed by atoms with van der Waals surface area (Å²) in [6.07, 6.45) is 6.46. The molecular weight excluding hydrogens is 398 g/mol. The molecule has 0 spiro atoms. The van der Waals surface area contributed by atoms with Crippen molar-refractivity contribution in [2.24, 2.45) is 0 Å². The van der Waals surface area contributed by atoms with E-state index in [0.717, 1.165) is 41.2 Å². The highest BCUT2D eigenvalue weighted by molar-refractivity contribution is 6.00. The predicted molar refractivity (Wildman–Crippen MR) is 127 cm³/mol. The van der Waals surface area contributed by atoms with Crippen molar-refractivity contribution < 1.29 is 9.53 Å². The second-order valence-electron chi connectivity index (χ2n) is 8.14. The largest absolute Gasteiger partial charge is 0.495 e. The number of methoxy groups -OCH3 is 1. The van der Waals surface area contributed by atoms with Crippen molar-refractivity contribution in [3.8, 4) is 11.4 Å². The fraction of sp³-hybridized carbons (Fsp3) is 0.185. The van der Waals surface area contributed by atoms with Crippen LogP contribution >= 0.6 is 0 Å². The van der Waals surface area contributed by atoms with Crippen LogP contribution in [0, 0.1) is 6.92 Å². The van der Waals surface area contributed by atoms with E-state index in [2.05, 4.69) is 35.3 Å². The molecular formula is C27H25N3O2. The van der Waals surface area contributed by atoms with Crippen molar-refractivity contribution >= 4 is 22.8 Å². The van der Waals surface area contributed by atoms with E-state index in [1.54, 1.807) is 13.4 Å². The minimum atomic E-state index is 0.103. The maximum Gasteiger partial charge on any atom is 0.250 e. The lowest BCUT2D eigenvalue weighted by molar-refractivity contribution is -0.125.